The number of nitrogens with zero attached hydrogens (tertiary/aromatic N) is 8. The Morgan fingerprint density at radius 1 is 1.10 bits per heavy atom. The van der Waals surface area contributed by atoms with Gasteiger partial charge < -0.3 is 20.0 Å². The fourth-order valence-electron chi connectivity index (χ4n) is 5.19. The topological polar surface area (TPSA) is 216 Å². The molecule has 52 heavy (non-hydrogen) atoms. The normalized spacial score (nSPS) is 17.4. The van der Waals surface area contributed by atoms with Crippen molar-refractivity contribution in [3.05, 3.63) is 88.9 Å². The van der Waals surface area contributed by atoms with Gasteiger partial charge in [-0.1, -0.05) is 77.6 Å². The molecule has 0 saturated carbocycles. The summed E-state index contributed by atoms with van der Waals surface area (Å²) in [6.07, 6.45) is -1.56. The van der Waals surface area contributed by atoms with E-state index in [9.17, 15) is 24.4 Å². The van der Waals surface area contributed by atoms with Crippen LogP contribution in [-0.4, -0.2) is 97.8 Å². The highest BCUT2D eigenvalue weighted by atomic mass is 32.2. The van der Waals surface area contributed by atoms with Crippen LogP contribution in [0.3, 0.4) is 0 Å². The molecule has 4 aromatic rings. The fraction of sp³-hybridized carbons (Fsp3) is 0.312. The molecule has 3 N–H and O–H groups in total. The molecular formula is C32H32N10O7S3. The number of esters is 1. The van der Waals surface area contributed by atoms with Crippen LogP contribution in [-0.2, 0) is 30.9 Å². The number of tetrazole rings is 1. The molecular weight excluding hydrogens is 733 g/mol. The number of nitrogens with one attached hydrogen (secondary N) is 2. The minimum Gasteiger partial charge on any atom is -0.448 e. The number of anilines is 1. The summed E-state index contributed by atoms with van der Waals surface area (Å²) in [4.78, 5) is 58.9. The number of carbonyl (C=O) groups excluding carboxylic acids is 4. The van der Waals surface area contributed by atoms with E-state index in [-0.39, 0.29) is 22.4 Å². The molecule has 2 aliphatic rings. The van der Waals surface area contributed by atoms with E-state index in [2.05, 4.69) is 40.7 Å². The molecule has 6 rings (SSSR count). The van der Waals surface area contributed by atoms with Gasteiger partial charge in [-0.15, -0.1) is 16.9 Å². The largest absolute Gasteiger partial charge is 0.448 e. The summed E-state index contributed by atoms with van der Waals surface area (Å²) in [6.45, 7) is 5.08. The van der Waals surface area contributed by atoms with E-state index < -0.39 is 52.7 Å². The Labute approximate surface area is 309 Å². The van der Waals surface area contributed by atoms with Crippen LogP contribution in [0.2, 0.25) is 0 Å². The third kappa shape index (κ3) is 8.08. The van der Waals surface area contributed by atoms with Crippen molar-refractivity contribution in [2.24, 2.45) is 12.2 Å². The maximum Gasteiger partial charge on any atom is 0.414 e. The number of hydrogen-bond acceptors (Lipinski definition) is 16. The van der Waals surface area contributed by atoms with Crippen molar-refractivity contribution in [1.82, 2.24) is 39.8 Å². The van der Waals surface area contributed by atoms with E-state index >= 15 is 0 Å². The number of carbonyl (C=O) groups is 4. The number of ether oxygens (including phenoxy) is 2. The Hall–Kier alpha value is -5.34. The molecule has 1 saturated heterocycles. The molecule has 0 aliphatic carbocycles. The molecule has 2 aromatic carbocycles. The van der Waals surface area contributed by atoms with Gasteiger partial charge in [0.25, 0.3) is 11.8 Å². The van der Waals surface area contributed by atoms with Gasteiger partial charge >= 0.3 is 12.1 Å². The molecule has 20 heteroatoms. The van der Waals surface area contributed by atoms with Crippen molar-refractivity contribution in [2.45, 2.75) is 49.0 Å². The minimum atomic E-state index is -1.09. The van der Waals surface area contributed by atoms with Gasteiger partial charge in [0.15, 0.2) is 6.10 Å². The summed E-state index contributed by atoms with van der Waals surface area (Å²) in [5.41, 5.74) is 0.808. The van der Waals surface area contributed by atoms with Gasteiger partial charge in [-0.3, -0.25) is 19.8 Å². The highest BCUT2D eigenvalue weighted by Gasteiger charge is 2.55. The second-order valence-corrected chi connectivity index (χ2v) is 15.1. The highest BCUT2D eigenvalue weighted by molar-refractivity contribution is 8.01. The maximum absolute atomic E-state index is 14.2. The van der Waals surface area contributed by atoms with Crippen molar-refractivity contribution in [2.75, 3.05) is 16.8 Å². The number of aryl methyl sites for hydroxylation is 1. The van der Waals surface area contributed by atoms with E-state index in [1.165, 1.54) is 33.1 Å². The van der Waals surface area contributed by atoms with Crippen LogP contribution in [0.1, 0.15) is 43.8 Å². The Balaban J connectivity index is 1.22. The molecule has 2 aliphatic heterocycles. The molecule has 0 unspecified atom stereocenters. The molecule has 1 fully saturated rings. The van der Waals surface area contributed by atoms with Gasteiger partial charge in [0.05, 0.1) is 0 Å². The van der Waals surface area contributed by atoms with E-state index in [4.69, 9.17) is 9.47 Å². The number of β-lactam (4-membered cyclic amide) rings is 1. The average Bonchev–Trinajstić information content (AvgIpc) is 3.76. The lowest BCUT2D eigenvalue weighted by molar-refractivity contribution is -0.154. The van der Waals surface area contributed by atoms with E-state index in [1.54, 1.807) is 27.8 Å². The first kappa shape index (κ1) is 36.5. The van der Waals surface area contributed by atoms with Crippen LogP contribution >= 0.6 is 35.1 Å². The maximum atomic E-state index is 14.2. The fourth-order valence-corrected chi connectivity index (χ4v) is 8.08. The number of hydrogen-bond donors (Lipinski definition) is 3. The van der Waals surface area contributed by atoms with Gasteiger partial charge in [0.2, 0.25) is 21.8 Å². The summed E-state index contributed by atoms with van der Waals surface area (Å²) >= 11 is 3.37. The Bertz CT molecular complexity index is 1990. The second-order valence-electron chi connectivity index (χ2n) is 12.3. The third-order valence-electron chi connectivity index (χ3n) is 7.47. The lowest BCUT2D eigenvalue weighted by atomic mass is 10.0. The Morgan fingerprint density at radius 2 is 1.77 bits per heavy atom. The summed E-state index contributed by atoms with van der Waals surface area (Å²) in [5, 5.41) is 29.1. The molecule has 2 aromatic heterocycles. The Kier molecular flexibility index (Phi) is 10.9. The van der Waals surface area contributed by atoms with Crippen LogP contribution in [0.15, 0.2) is 82.2 Å². The summed E-state index contributed by atoms with van der Waals surface area (Å²) < 4.78 is 16.9. The highest BCUT2D eigenvalue weighted by Crippen LogP contribution is 2.42. The van der Waals surface area contributed by atoms with Crippen molar-refractivity contribution >= 4 is 69.8 Å². The first-order chi connectivity index (χ1) is 24.9. The number of thioether (sulfide) groups is 2. The number of fused-ring (bicyclic) bond motifs is 1. The van der Waals surface area contributed by atoms with E-state index in [0.29, 0.717) is 16.5 Å². The molecule has 2 atom stereocenters. The molecule has 17 nitrogen and oxygen atoms in total. The zero-order valence-corrected chi connectivity index (χ0v) is 30.6. The number of benzene rings is 2. The molecule has 4 heterocycles. The molecule has 270 valence electrons. The van der Waals surface area contributed by atoms with Crippen LogP contribution < -0.4 is 10.6 Å². The lowest BCUT2D eigenvalue weighted by Gasteiger charge is -2.49. The van der Waals surface area contributed by atoms with Crippen LogP contribution in [0.4, 0.5) is 9.93 Å². The molecule has 0 spiro atoms. The number of oxime groups is 1. The summed E-state index contributed by atoms with van der Waals surface area (Å²) in [5.74, 6) is -1.93. The monoisotopic (exact) mass is 764 g/mol. The van der Waals surface area contributed by atoms with Crippen molar-refractivity contribution in [1.29, 1.82) is 0 Å². The van der Waals surface area contributed by atoms with E-state index in [1.807, 2.05) is 60.7 Å². The summed E-state index contributed by atoms with van der Waals surface area (Å²) in [7, 11) is 1.69. The number of rotatable bonds is 11. The van der Waals surface area contributed by atoms with Crippen molar-refractivity contribution < 1.29 is 33.9 Å². The first-order valence-corrected chi connectivity index (χ1v) is 18.4. The van der Waals surface area contributed by atoms with Gasteiger partial charge in [-0.05, 0) is 47.9 Å². The SMILES string of the molecule is Cn1nnnc1SCC1=C(C(=O)OC(c2ccccc2)c2ccccc2)N2C(=O)[C@@H](NC(=O)C(=NO)c3nsc(NC(=O)OC(C)(C)C)n3)[C@H]2SC1. The van der Waals surface area contributed by atoms with Gasteiger partial charge in [0.1, 0.15) is 22.7 Å². The molecule has 3 amide bonds. The second kappa shape index (κ2) is 15.5. The lowest BCUT2D eigenvalue weighted by Crippen LogP contribution is -2.71. The smallest absolute Gasteiger partial charge is 0.414 e. The quantitative estimate of drug-likeness (QED) is 0.0499. The molecule has 0 radical (unpaired) electrons. The Morgan fingerprint density at radius 3 is 2.37 bits per heavy atom. The van der Waals surface area contributed by atoms with Crippen molar-refractivity contribution in [3.63, 3.8) is 0 Å². The van der Waals surface area contributed by atoms with Crippen molar-refractivity contribution in [3.8, 4) is 0 Å². The van der Waals surface area contributed by atoms with E-state index in [0.717, 1.165) is 22.7 Å². The van der Waals surface area contributed by atoms with Crippen LogP contribution in [0.25, 0.3) is 0 Å². The zero-order chi connectivity index (χ0) is 37.0. The standard InChI is InChI=1S/C32H32N10O7S3/c1-32(2,3)49-31(46)35-29-34-24(38-52-29)20(37-47)25(43)33-21-26(44)42-22(19(15-50-27(21)42)16-51-30-36-39-40-41(30)4)28(45)48-23(17-11-7-5-8-12-17)18-13-9-6-10-14-18/h5-14,21,23,27,47H,15-16H2,1-4H3,(H,33,43)(H,34,35,38,46)/t21-,27-/m1/s1. The van der Waals surface area contributed by atoms with Crippen LogP contribution in [0, 0.1) is 0 Å². The molecule has 0 bridgehead atoms. The predicted molar refractivity (Wildman–Crippen MR) is 190 cm³/mol. The number of aromatic nitrogens is 6. The summed E-state index contributed by atoms with van der Waals surface area (Å²) in [6, 6.07) is 17.4. The van der Waals surface area contributed by atoms with Gasteiger partial charge in [-0.2, -0.15) is 9.36 Å². The first-order valence-electron chi connectivity index (χ1n) is 15.6. The third-order valence-corrected chi connectivity index (χ3v) is 10.5. The number of amides is 3. The predicted octanol–water partition coefficient (Wildman–Crippen LogP) is 3.37. The minimum absolute atomic E-state index is 0.00737. The zero-order valence-electron chi connectivity index (χ0n) is 28.1. The average molecular weight is 765 g/mol. The van der Waals surface area contributed by atoms with Gasteiger partial charge in [-0.25, -0.2) is 14.3 Å². The van der Waals surface area contributed by atoms with Gasteiger partial charge in [0, 0.05) is 30.1 Å². The van der Waals surface area contributed by atoms with Crippen LogP contribution in [0.5, 0.6) is 0 Å².